The van der Waals surface area contributed by atoms with Crippen LogP contribution in [0.15, 0.2) is 0 Å². The Morgan fingerprint density at radius 1 is 1.00 bits per heavy atom. The van der Waals surface area contributed by atoms with Crippen LogP contribution in [0.1, 0.15) is 65.7 Å². The standard InChI is InChI=1S/C13H28O2/c1-4-8-13(15,9-5-2)10-6-12(3)7-11-14/h12,14-15H,4-11H2,1-3H3. The largest absolute Gasteiger partial charge is 0.396 e. The Bertz CT molecular complexity index is 139. The summed E-state index contributed by atoms with van der Waals surface area (Å²) < 4.78 is 0. The van der Waals surface area contributed by atoms with Crippen molar-refractivity contribution < 1.29 is 10.2 Å². The lowest BCUT2D eigenvalue weighted by molar-refractivity contribution is 0.00690. The van der Waals surface area contributed by atoms with E-state index < -0.39 is 5.60 Å². The van der Waals surface area contributed by atoms with Gasteiger partial charge in [0, 0.05) is 6.61 Å². The van der Waals surface area contributed by atoms with Gasteiger partial charge in [-0.3, -0.25) is 0 Å². The molecule has 0 fully saturated rings. The Hall–Kier alpha value is -0.0800. The Morgan fingerprint density at radius 2 is 1.53 bits per heavy atom. The first-order valence-corrected chi connectivity index (χ1v) is 6.41. The number of hydrogen-bond donors (Lipinski definition) is 2. The van der Waals surface area contributed by atoms with Crippen molar-refractivity contribution >= 4 is 0 Å². The average Bonchev–Trinajstić information content (AvgIpc) is 2.16. The van der Waals surface area contributed by atoms with Gasteiger partial charge in [0.05, 0.1) is 5.60 Å². The Labute approximate surface area is 94.7 Å². The van der Waals surface area contributed by atoms with Crippen LogP contribution in [0.4, 0.5) is 0 Å². The highest BCUT2D eigenvalue weighted by Gasteiger charge is 2.24. The Morgan fingerprint density at radius 3 is 1.93 bits per heavy atom. The SMILES string of the molecule is CCCC(O)(CCC)CCC(C)CCO. The van der Waals surface area contributed by atoms with Crippen LogP contribution >= 0.6 is 0 Å². The molecule has 0 aromatic carbocycles. The van der Waals surface area contributed by atoms with Crippen molar-refractivity contribution in [2.75, 3.05) is 6.61 Å². The molecule has 0 saturated heterocycles. The van der Waals surface area contributed by atoms with E-state index in [9.17, 15) is 5.11 Å². The quantitative estimate of drug-likeness (QED) is 0.621. The van der Waals surface area contributed by atoms with Crippen LogP contribution in [0.2, 0.25) is 0 Å². The number of rotatable bonds is 9. The molecule has 1 unspecified atom stereocenters. The first kappa shape index (κ1) is 14.9. The predicted molar refractivity (Wildman–Crippen MR) is 64.9 cm³/mol. The molecule has 0 radical (unpaired) electrons. The van der Waals surface area contributed by atoms with Crippen LogP contribution < -0.4 is 0 Å². The van der Waals surface area contributed by atoms with E-state index in [0.717, 1.165) is 44.9 Å². The maximum atomic E-state index is 10.4. The molecular formula is C13H28O2. The number of aliphatic hydroxyl groups is 2. The van der Waals surface area contributed by atoms with Crippen LogP contribution in [0.5, 0.6) is 0 Å². The van der Waals surface area contributed by atoms with Crippen LogP contribution in [-0.2, 0) is 0 Å². The molecule has 15 heavy (non-hydrogen) atoms. The molecule has 0 rings (SSSR count). The van der Waals surface area contributed by atoms with E-state index >= 15 is 0 Å². The fourth-order valence-electron chi connectivity index (χ4n) is 2.19. The first-order valence-electron chi connectivity index (χ1n) is 6.41. The summed E-state index contributed by atoms with van der Waals surface area (Å²) in [4.78, 5) is 0. The minimum Gasteiger partial charge on any atom is -0.396 e. The highest BCUT2D eigenvalue weighted by molar-refractivity contribution is 4.78. The third kappa shape index (κ3) is 6.91. The lowest BCUT2D eigenvalue weighted by Crippen LogP contribution is -2.28. The zero-order chi connectivity index (χ0) is 11.7. The van der Waals surface area contributed by atoms with Gasteiger partial charge >= 0.3 is 0 Å². The number of hydrogen-bond acceptors (Lipinski definition) is 2. The number of aliphatic hydroxyl groups excluding tert-OH is 1. The highest BCUT2D eigenvalue weighted by atomic mass is 16.3. The van der Waals surface area contributed by atoms with E-state index in [2.05, 4.69) is 20.8 Å². The molecule has 1 atom stereocenters. The van der Waals surface area contributed by atoms with Gasteiger partial charge in [0.25, 0.3) is 0 Å². The molecule has 0 aromatic rings. The van der Waals surface area contributed by atoms with Crippen LogP contribution in [0.3, 0.4) is 0 Å². The van der Waals surface area contributed by atoms with Crippen molar-refractivity contribution in [1.29, 1.82) is 0 Å². The van der Waals surface area contributed by atoms with Gasteiger partial charge in [-0.05, 0) is 38.0 Å². The van der Waals surface area contributed by atoms with Crippen molar-refractivity contribution in [3.63, 3.8) is 0 Å². The molecule has 0 amide bonds. The van der Waals surface area contributed by atoms with Crippen LogP contribution in [0.25, 0.3) is 0 Å². The second kappa shape index (κ2) is 8.12. The topological polar surface area (TPSA) is 40.5 Å². The van der Waals surface area contributed by atoms with Gasteiger partial charge in [-0.15, -0.1) is 0 Å². The molecular weight excluding hydrogens is 188 g/mol. The fraction of sp³-hybridized carbons (Fsp3) is 1.00. The van der Waals surface area contributed by atoms with Crippen LogP contribution in [-0.4, -0.2) is 22.4 Å². The molecule has 0 bridgehead atoms. The summed E-state index contributed by atoms with van der Waals surface area (Å²) in [7, 11) is 0. The van der Waals surface area contributed by atoms with Gasteiger partial charge < -0.3 is 10.2 Å². The maximum Gasteiger partial charge on any atom is 0.0647 e. The summed E-state index contributed by atoms with van der Waals surface area (Å²) in [6.45, 7) is 6.66. The lowest BCUT2D eigenvalue weighted by atomic mass is 9.85. The fourth-order valence-corrected chi connectivity index (χ4v) is 2.19. The van der Waals surface area contributed by atoms with Gasteiger partial charge in [0.2, 0.25) is 0 Å². The molecule has 0 saturated carbocycles. The van der Waals surface area contributed by atoms with Gasteiger partial charge in [-0.2, -0.15) is 0 Å². The molecule has 2 N–H and O–H groups in total. The highest BCUT2D eigenvalue weighted by Crippen LogP contribution is 2.27. The zero-order valence-electron chi connectivity index (χ0n) is 10.6. The molecule has 2 nitrogen and oxygen atoms in total. The van der Waals surface area contributed by atoms with Gasteiger partial charge in [0.15, 0.2) is 0 Å². The second-order valence-corrected chi connectivity index (χ2v) is 4.88. The van der Waals surface area contributed by atoms with E-state index in [1.54, 1.807) is 0 Å². The predicted octanol–water partition coefficient (Wildman–Crippen LogP) is 3.12. The summed E-state index contributed by atoms with van der Waals surface area (Å²) in [6.07, 6.45) is 6.68. The lowest BCUT2D eigenvalue weighted by Gasteiger charge is -2.28. The normalized spacial score (nSPS) is 14.2. The Balaban J connectivity index is 3.93. The first-order chi connectivity index (χ1) is 7.08. The minimum absolute atomic E-state index is 0.265. The summed E-state index contributed by atoms with van der Waals surface area (Å²) in [5.41, 5.74) is -0.451. The minimum atomic E-state index is -0.451. The van der Waals surface area contributed by atoms with Crippen molar-refractivity contribution in [2.45, 2.75) is 71.3 Å². The van der Waals surface area contributed by atoms with Crippen molar-refractivity contribution in [3.8, 4) is 0 Å². The summed E-state index contributed by atoms with van der Waals surface area (Å²) in [5, 5.41) is 19.2. The molecule has 92 valence electrons. The smallest absolute Gasteiger partial charge is 0.0647 e. The van der Waals surface area contributed by atoms with E-state index in [1.807, 2.05) is 0 Å². The zero-order valence-corrected chi connectivity index (χ0v) is 10.6. The van der Waals surface area contributed by atoms with Gasteiger partial charge in [-0.25, -0.2) is 0 Å². The molecule has 0 aliphatic heterocycles. The molecule has 0 heterocycles. The summed E-state index contributed by atoms with van der Waals surface area (Å²) in [6, 6.07) is 0. The third-order valence-corrected chi connectivity index (χ3v) is 3.16. The molecule has 0 aliphatic carbocycles. The summed E-state index contributed by atoms with van der Waals surface area (Å²) >= 11 is 0. The van der Waals surface area contributed by atoms with E-state index in [-0.39, 0.29) is 6.61 Å². The Kier molecular flexibility index (Phi) is 8.07. The molecule has 2 heteroatoms. The molecule has 0 aliphatic rings. The van der Waals surface area contributed by atoms with Gasteiger partial charge in [-0.1, -0.05) is 33.6 Å². The van der Waals surface area contributed by atoms with E-state index in [0.29, 0.717) is 5.92 Å². The van der Waals surface area contributed by atoms with Gasteiger partial charge in [0.1, 0.15) is 0 Å². The third-order valence-electron chi connectivity index (χ3n) is 3.16. The van der Waals surface area contributed by atoms with Crippen LogP contribution in [0, 0.1) is 5.92 Å². The van der Waals surface area contributed by atoms with E-state index in [1.165, 1.54) is 0 Å². The van der Waals surface area contributed by atoms with Crippen molar-refractivity contribution in [2.24, 2.45) is 5.92 Å². The summed E-state index contributed by atoms with van der Waals surface area (Å²) in [5.74, 6) is 0.523. The molecule has 0 spiro atoms. The van der Waals surface area contributed by atoms with E-state index in [4.69, 9.17) is 5.11 Å². The van der Waals surface area contributed by atoms with Crippen molar-refractivity contribution in [3.05, 3.63) is 0 Å². The monoisotopic (exact) mass is 216 g/mol. The average molecular weight is 216 g/mol. The maximum absolute atomic E-state index is 10.4. The van der Waals surface area contributed by atoms with Crippen molar-refractivity contribution in [1.82, 2.24) is 0 Å². The second-order valence-electron chi connectivity index (χ2n) is 4.88. The molecule has 0 aromatic heterocycles.